The van der Waals surface area contributed by atoms with E-state index in [0.29, 0.717) is 29.7 Å². The van der Waals surface area contributed by atoms with Crippen molar-refractivity contribution in [2.24, 2.45) is 0 Å². The van der Waals surface area contributed by atoms with Gasteiger partial charge < -0.3 is 14.8 Å². The number of aryl methyl sites for hydroxylation is 2. The molecule has 0 radical (unpaired) electrons. The summed E-state index contributed by atoms with van der Waals surface area (Å²) in [5.74, 6) is 1.15. The van der Waals surface area contributed by atoms with Crippen molar-refractivity contribution in [3.63, 3.8) is 0 Å². The summed E-state index contributed by atoms with van der Waals surface area (Å²) in [5, 5.41) is 4.48. The first kappa shape index (κ1) is 17.0. The number of nitrogens with zero attached hydrogens (tertiary/aromatic N) is 1. The molecule has 0 bridgehead atoms. The van der Waals surface area contributed by atoms with E-state index in [0.717, 1.165) is 21.1 Å². The van der Waals surface area contributed by atoms with Crippen molar-refractivity contribution in [3.05, 3.63) is 38.3 Å². The lowest BCUT2D eigenvalue weighted by molar-refractivity contribution is -0.121. The van der Waals surface area contributed by atoms with Crippen molar-refractivity contribution in [2.45, 2.75) is 33.2 Å². The maximum atomic E-state index is 12.4. The zero-order chi connectivity index (χ0) is 17.3. The number of fused-ring (bicyclic) bond motifs is 1. The van der Waals surface area contributed by atoms with Gasteiger partial charge in [0.05, 0.1) is 23.2 Å². The fraction of sp³-hybridized carbons (Fsp3) is 0.412. The molecule has 24 heavy (non-hydrogen) atoms. The Morgan fingerprint density at radius 3 is 2.62 bits per heavy atom. The van der Waals surface area contributed by atoms with Crippen molar-refractivity contribution in [1.29, 1.82) is 0 Å². The minimum atomic E-state index is -0.140. The Morgan fingerprint density at radius 1 is 1.33 bits per heavy atom. The fourth-order valence-electron chi connectivity index (χ4n) is 2.72. The van der Waals surface area contributed by atoms with E-state index in [-0.39, 0.29) is 18.4 Å². The first-order valence-electron chi connectivity index (χ1n) is 7.75. The van der Waals surface area contributed by atoms with E-state index in [1.165, 1.54) is 0 Å². The van der Waals surface area contributed by atoms with Gasteiger partial charge in [0, 0.05) is 16.0 Å². The van der Waals surface area contributed by atoms with Crippen LogP contribution < -0.4 is 14.8 Å². The highest BCUT2D eigenvalue weighted by Crippen LogP contribution is 2.35. The van der Waals surface area contributed by atoms with E-state index in [1.807, 2.05) is 20.8 Å². The maximum absolute atomic E-state index is 12.4. The van der Waals surface area contributed by atoms with E-state index < -0.39 is 0 Å². The quantitative estimate of drug-likeness (QED) is 0.898. The van der Waals surface area contributed by atoms with E-state index in [9.17, 15) is 4.79 Å². The molecule has 1 atom stereocenters. The zero-order valence-electron chi connectivity index (χ0n) is 13.8. The summed E-state index contributed by atoms with van der Waals surface area (Å²) in [4.78, 5) is 18.0. The first-order chi connectivity index (χ1) is 11.4. The molecule has 0 spiro atoms. The molecule has 1 aromatic heterocycles. The molecule has 2 heterocycles. The van der Waals surface area contributed by atoms with Gasteiger partial charge in [-0.25, -0.2) is 4.98 Å². The molecule has 0 fully saturated rings. The Kier molecular flexibility index (Phi) is 4.96. The topological polar surface area (TPSA) is 60.5 Å². The maximum Gasteiger partial charge on any atom is 0.225 e. The van der Waals surface area contributed by atoms with Crippen LogP contribution in [0.25, 0.3) is 0 Å². The summed E-state index contributed by atoms with van der Waals surface area (Å²) in [6, 6.07) is 3.34. The van der Waals surface area contributed by atoms with Crippen LogP contribution in [0.5, 0.6) is 11.5 Å². The molecule has 0 saturated heterocycles. The second kappa shape index (κ2) is 6.99. The van der Waals surface area contributed by atoms with Crippen molar-refractivity contribution < 1.29 is 14.3 Å². The predicted octanol–water partition coefficient (Wildman–Crippen LogP) is 3.60. The highest BCUT2D eigenvalue weighted by molar-refractivity contribution is 7.11. The number of nitrogens with one attached hydrogen (secondary N) is 1. The molecule has 128 valence electrons. The molecule has 1 aliphatic heterocycles. The van der Waals surface area contributed by atoms with Crippen molar-refractivity contribution in [2.75, 3.05) is 13.2 Å². The SMILES string of the molecule is Cc1nc([C@H](C)NC(=O)Cc2cc3c(cc2Cl)OCCO3)c(C)s1. The number of rotatable bonds is 4. The van der Waals surface area contributed by atoms with E-state index >= 15 is 0 Å². The van der Waals surface area contributed by atoms with E-state index in [2.05, 4.69) is 10.3 Å². The lowest BCUT2D eigenvalue weighted by Gasteiger charge is -2.20. The minimum absolute atomic E-state index is 0.105. The molecule has 2 aromatic rings. The number of ether oxygens (including phenoxy) is 2. The van der Waals surface area contributed by atoms with Gasteiger partial charge in [-0.05, 0) is 32.4 Å². The molecule has 1 aromatic carbocycles. The summed E-state index contributed by atoms with van der Waals surface area (Å²) in [6.45, 7) is 6.92. The smallest absolute Gasteiger partial charge is 0.225 e. The molecule has 7 heteroatoms. The molecular weight excluding hydrogens is 348 g/mol. The van der Waals surface area contributed by atoms with Crippen LogP contribution in [-0.2, 0) is 11.2 Å². The van der Waals surface area contributed by atoms with Crippen LogP contribution in [-0.4, -0.2) is 24.1 Å². The van der Waals surface area contributed by atoms with Gasteiger partial charge in [0.15, 0.2) is 11.5 Å². The second-order valence-corrected chi connectivity index (χ2v) is 7.54. The van der Waals surface area contributed by atoms with Crippen LogP contribution in [0.4, 0.5) is 0 Å². The van der Waals surface area contributed by atoms with Crippen LogP contribution in [0.15, 0.2) is 12.1 Å². The third-order valence-corrected chi connectivity index (χ3v) is 5.04. The number of hydrogen-bond donors (Lipinski definition) is 1. The third-order valence-electron chi connectivity index (χ3n) is 3.79. The summed E-state index contributed by atoms with van der Waals surface area (Å²) in [7, 11) is 0. The highest BCUT2D eigenvalue weighted by atomic mass is 35.5. The number of carbonyl (C=O) groups excluding carboxylic acids is 1. The van der Waals surface area contributed by atoms with Gasteiger partial charge in [-0.3, -0.25) is 4.79 Å². The zero-order valence-corrected chi connectivity index (χ0v) is 15.4. The number of aromatic nitrogens is 1. The number of thiazole rings is 1. The largest absolute Gasteiger partial charge is 0.486 e. The van der Waals surface area contributed by atoms with Crippen LogP contribution in [0.2, 0.25) is 5.02 Å². The molecule has 0 saturated carbocycles. The van der Waals surface area contributed by atoms with Crippen LogP contribution in [0, 0.1) is 13.8 Å². The first-order valence-corrected chi connectivity index (χ1v) is 8.95. The molecular formula is C17H19ClN2O3S. The van der Waals surface area contributed by atoms with Gasteiger partial charge in [0.1, 0.15) is 13.2 Å². The molecule has 1 amide bonds. The Balaban J connectivity index is 1.69. The molecule has 0 aliphatic carbocycles. The van der Waals surface area contributed by atoms with Crippen molar-refractivity contribution >= 4 is 28.8 Å². The molecule has 1 aliphatic rings. The highest BCUT2D eigenvalue weighted by Gasteiger charge is 2.19. The van der Waals surface area contributed by atoms with Gasteiger partial charge >= 0.3 is 0 Å². The van der Waals surface area contributed by atoms with Gasteiger partial charge in [0.25, 0.3) is 0 Å². The number of halogens is 1. The van der Waals surface area contributed by atoms with Crippen LogP contribution in [0.3, 0.4) is 0 Å². The van der Waals surface area contributed by atoms with Crippen LogP contribution >= 0.6 is 22.9 Å². The number of benzene rings is 1. The fourth-order valence-corrected chi connectivity index (χ4v) is 3.86. The van der Waals surface area contributed by atoms with E-state index in [1.54, 1.807) is 23.5 Å². The van der Waals surface area contributed by atoms with E-state index in [4.69, 9.17) is 21.1 Å². The van der Waals surface area contributed by atoms with Crippen molar-refractivity contribution in [3.8, 4) is 11.5 Å². The standard InChI is InChI=1S/C17H19ClN2O3S/c1-9(17-10(2)24-11(3)20-17)19-16(21)7-12-6-14-15(8-13(12)18)23-5-4-22-14/h6,8-9H,4-5,7H2,1-3H3,(H,19,21)/t9-/m0/s1. The lowest BCUT2D eigenvalue weighted by atomic mass is 10.1. The van der Waals surface area contributed by atoms with Crippen molar-refractivity contribution in [1.82, 2.24) is 10.3 Å². The normalized spacial score (nSPS) is 14.3. The number of hydrogen-bond acceptors (Lipinski definition) is 5. The Hall–Kier alpha value is -1.79. The Labute approximate surface area is 150 Å². The average Bonchev–Trinajstić information content (AvgIpc) is 2.86. The Morgan fingerprint density at radius 2 is 2.00 bits per heavy atom. The number of amides is 1. The Bertz CT molecular complexity index is 775. The predicted molar refractivity (Wildman–Crippen MR) is 94.3 cm³/mol. The third kappa shape index (κ3) is 3.65. The van der Waals surface area contributed by atoms with Gasteiger partial charge in [0.2, 0.25) is 5.91 Å². The van der Waals surface area contributed by atoms with Gasteiger partial charge in [-0.1, -0.05) is 11.6 Å². The average molecular weight is 367 g/mol. The summed E-state index contributed by atoms with van der Waals surface area (Å²) in [6.07, 6.45) is 0.183. The molecule has 3 rings (SSSR count). The lowest BCUT2D eigenvalue weighted by Crippen LogP contribution is -2.28. The summed E-state index contributed by atoms with van der Waals surface area (Å²) < 4.78 is 11.0. The monoisotopic (exact) mass is 366 g/mol. The summed E-state index contributed by atoms with van der Waals surface area (Å²) >= 11 is 7.89. The van der Waals surface area contributed by atoms with Gasteiger partial charge in [-0.2, -0.15) is 0 Å². The summed E-state index contributed by atoms with van der Waals surface area (Å²) in [5.41, 5.74) is 1.64. The van der Waals surface area contributed by atoms with Gasteiger partial charge in [-0.15, -0.1) is 11.3 Å². The molecule has 5 nitrogen and oxygen atoms in total. The molecule has 0 unspecified atom stereocenters. The van der Waals surface area contributed by atoms with Crippen LogP contribution in [0.1, 0.15) is 34.1 Å². The molecule has 1 N–H and O–H groups in total. The minimum Gasteiger partial charge on any atom is -0.486 e. The second-order valence-electron chi connectivity index (χ2n) is 5.73. The number of carbonyl (C=O) groups is 1.